The van der Waals surface area contributed by atoms with E-state index in [4.69, 9.17) is 18.9 Å². The molecule has 7 heteroatoms. The van der Waals surface area contributed by atoms with Gasteiger partial charge in [-0.1, -0.05) is 15.9 Å². The molecule has 0 atom stereocenters. The second kappa shape index (κ2) is 8.88. The maximum Gasteiger partial charge on any atom is 0.343 e. The van der Waals surface area contributed by atoms with Crippen molar-refractivity contribution in [1.29, 1.82) is 0 Å². The number of esters is 1. The van der Waals surface area contributed by atoms with Crippen LogP contribution < -0.4 is 18.9 Å². The third-order valence-electron chi connectivity index (χ3n) is 4.96. The predicted octanol–water partition coefficient (Wildman–Crippen LogP) is 5.61. The molecule has 6 nitrogen and oxygen atoms in total. The number of hydrogen-bond donors (Lipinski definition) is 0. The summed E-state index contributed by atoms with van der Waals surface area (Å²) < 4.78 is 22.7. The molecule has 0 amide bonds. The first-order valence-electron chi connectivity index (χ1n) is 9.68. The fourth-order valence-electron chi connectivity index (χ4n) is 3.39. The van der Waals surface area contributed by atoms with Crippen molar-refractivity contribution in [3.8, 4) is 23.0 Å². The zero-order valence-corrected chi connectivity index (χ0v) is 19.2. The molecular formula is C25H19BrO6. The van der Waals surface area contributed by atoms with Crippen molar-refractivity contribution in [1.82, 2.24) is 0 Å². The highest BCUT2D eigenvalue weighted by molar-refractivity contribution is 9.10. The number of ketones is 1. The number of Topliss-reactive ketones (excluding diaryl/α,β-unsaturated/α-hetero) is 1. The van der Waals surface area contributed by atoms with Gasteiger partial charge in [0.05, 0.1) is 25.3 Å². The number of rotatable bonds is 5. The molecule has 0 N–H and O–H groups in total. The van der Waals surface area contributed by atoms with Crippen LogP contribution in [0, 0.1) is 6.92 Å². The van der Waals surface area contributed by atoms with Gasteiger partial charge in [0.2, 0.25) is 5.78 Å². The van der Waals surface area contributed by atoms with Gasteiger partial charge in [-0.15, -0.1) is 0 Å². The summed E-state index contributed by atoms with van der Waals surface area (Å²) in [6, 6.07) is 15.3. The van der Waals surface area contributed by atoms with Crippen LogP contribution in [-0.2, 0) is 0 Å². The standard InChI is InChI=1S/C25H19BrO6/c1-14-10-19(31-25(28)15-4-7-18(29-2)8-5-15)13-21-23(14)24(27)22(32-21)12-16-11-17(26)6-9-20(16)30-3/h4-13H,1-3H3/b22-12-. The molecule has 3 aromatic carbocycles. The van der Waals surface area contributed by atoms with Gasteiger partial charge < -0.3 is 18.9 Å². The Morgan fingerprint density at radius 2 is 1.72 bits per heavy atom. The van der Waals surface area contributed by atoms with Gasteiger partial charge in [-0.2, -0.15) is 0 Å². The molecule has 32 heavy (non-hydrogen) atoms. The lowest BCUT2D eigenvalue weighted by molar-refractivity contribution is 0.0734. The Labute approximate surface area is 193 Å². The molecule has 1 heterocycles. The zero-order chi connectivity index (χ0) is 22.8. The van der Waals surface area contributed by atoms with E-state index < -0.39 is 5.97 Å². The molecule has 162 valence electrons. The molecule has 0 spiro atoms. The molecule has 1 aliphatic heterocycles. The molecular weight excluding hydrogens is 476 g/mol. The number of hydrogen-bond acceptors (Lipinski definition) is 6. The molecule has 0 radical (unpaired) electrons. The molecule has 0 aliphatic carbocycles. The van der Waals surface area contributed by atoms with Crippen molar-refractivity contribution in [3.05, 3.63) is 87.1 Å². The minimum Gasteiger partial charge on any atom is -0.497 e. The highest BCUT2D eigenvalue weighted by Gasteiger charge is 2.30. The van der Waals surface area contributed by atoms with Gasteiger partial charge in [0, 0.05) is 16.1 Å². The van der Waals surface area contributed by atoms with Crippen molar-refractivity contribution in [2.45, 2.75) is 6.92 Å². The molecule has 0 saturated heterocycles. The number of aryl methyl sites for hydroxylation is 1. The third-order valence-corrected chi connectivity index (χ3v) is 5.45. The van der Waals surface area contributed by atoms with Crippen molar-refractivity contribution in [3.63, 3.8) is 0 Å². The molecule has 1 aliphatic rings. The summed E-state index contributed by atoms with van der Waals surface area (Å²) in [5, 5.41) is 0. The van der Waals surface area contributed by atoms with Crippen LogP contribution in [0.2, 0.25) is 0 Å². The van der Waals surface area contributed by atoms with Gasteiger partial charge in [0.15, 0.2) is 5.76 Å². The lowest BCUT2D eigenvalue weighted by Gasteiger charge is -2.08. The second-order valence-corrected chi connectivity index (χ2v) is 7.97. The van der Waals surface area contributed by atoms with E-state index in [1.54, 1.807) is 69.7 Å². The van der Waals surface area contributed by atoms with Crippen LogP contribution in [0.4, 0.5) is 0 Å². The van der Waals surface area contributed by atoms with E-state index in [2.05, 4.69) is 15.9 Å². The van der Waals surface area contributed by atoms with E-state index >= 15 is 0 Å². The summed E-state index contributed by atoms with van der Waals surface area (Å²) in [4.78, 5) is 25.5. The fourth-order valence-corrected chi connectivity index (χ4v) is 3.77. The van der Waals surface area contributed by atoms with Gasteiger partial charge in [-0.25, -0.2) is 4.79 Å². The Morgan fingerprint density at radius 3 is 2.41 bits per heavy atom. The number of carbonyl (C=O) groups is 2. The number of ether oxygens (including phenoxy) is 4. The van der Waals surface area contributed by atoms with Crippen LogP contribution in [0.3, 0.4) is 0 Å². The summed E-state index contributed by atoms with van der Waals surface area (Å²) in [6.07, 6.45) is 1.63. The lowest BCUT2D eigenvalue weighted by Crippen LogP contribution is -2.08. The molecule has 4 rings (SSSR count). The quantitative estimate of drug-likeness (QED) is 0.260. The van der Waals surface area contributed by atoms with E-state index in [1.807, 2.05) is 12.1 Å². The Hall–Kier alpha value is -3.58. The first kappa shape index (κ1) is 21.6. The normalized spacial score (nSPS) is 13.5. The SMILES string of the molecule is COc1ccc(C(=O)Oc2cc(C)c3c(c2)O/C(=C\c2cc(Br)ccc2OC)C3=O)cc1. The summed E-state index contributed by atoms with van der Waals surface area (Å²) in [6.45, 7) is 1.77. The Balaban J connectivity index is 1.61. The summed E-state index contributed by atoms with van der Waals surface area (Å²) in [7, 11) is 3.11. The first-order chi connectivity index (χ1) is 15.4. The largest absolute Gasteiger partial charge is 0.497 e. The van der Waals surface area contributed by atoms with Crippen LogP contribution >= 0.6 is 15.9 Å². The van der Waals surface area contributed by atoms with Crippen molar-refractivity contribution >= 4 is 33.8 Å². The van der Waals surface area contributed by atoms with Gasteiger partial charge in [0.25, 0.3) is 0 Å². The summed E-state index contributed by atoms with van der Waals surface area (Å²) >= 11 is 3.42. The van der Waals surface area contributed by atoms with Gasteiger partial charge in [0.1, 0.15) is 23.0 Å². The van der Waals surface area contributed by atoms with Crippen LogP contribution in [-0.4, -0.2) is 26.0 Å². The number of methoxy groups -OCH3 is 2. The van der Waals surface area contributed by atoms with E-state index in [9.17, 15) is 9.59 Å². The monoisotopic (exact) mass is 494 g/mol. The first-order valence-corrected chi connectivity index (χ1v) is 10.5. The molecule has 0 bridgehead atoms. The fraction of sp³-hybridized carbons (Fsp3) is 0.120. The molecule has 3 aromatic rings. The number of halogens is 1. The third kappa shape index (κ3) is 4.24. The maximum atomic E-state index is 13.0. The maximum absolute atomic E-state index is 13.0. The Bertz CT molecular complexity index is 1240. The number of carbonyl (C=O) groups excluding carboxylic acids is 2. The Morgan fingerprint density at radius 1 is 0.969 bits per heavy atom. The number of benzene rings is 3. The molecule has 0 fully saturated rings. The zero-order valence-electron chi connectivity index (χ0n) is 17.6. The van der Waals surface area contributed by atoms with E-state index in [1.165, 1.54) is 0 Å². The van der Waals surface area contributed by atoms with Crippen molar-refractivity contribution in [2.75, 3.05) is 14.2 Å². The van der Waals surface area contributed by atoms with Crippen molar-refractivity contribution < 1.29 is 28.5 Å². The van der Waals surface area contributed by atoms with Crippen molar-refractivity contribution in [2.24, 2.45) is 0 Å². The molecule has 0 unspecified atom stereocenters. The van der Waals surface area contributed by atoms with E-state index in [-0.39, 0.29) is 17.3 Å². The number of fused-ring (bicyclic) bond motifs is 1. The van der Waals surface area contributed by atoms with Gasteiger partial charge in [-0.3, -0.25) is 4.79 Å². The highest BCUT2D eigenvalue weighted by atomic mass is 79.9. The average molecular weight is 495 g/mol. The lowest BCUT2D eigenvalue weighted by atomic mass is 10.0. The molecule has 0 aromatic heterocycles. The summed E-state index contributed by atoms with van der Waals surface area (Å²) in [5.74, 6) is 1.28. The summed E-state index contributed by atoms with van der Waals surface area (Å²) in [5.41, 5.74) is 2.16. The van der Waals surface area contributed by atoms with Gasteiger partial charge in [-0.05, 0) is 67.1 Å². The smallest absolute Gasteiger partial charge is 0.343 e. The van der Waals surface area contributed by atoms with Crippen LogP contribution in [0.5, 0.6) is 23.0 Å². The topological polar surface area (TPSA) is 71.1 Å². The van der Waals surface area contributed by atoms with E-state index in [0.717, 1.165) is 4.47 Å². The molecule has 0 saturated carbocycles. The van der Waals surface area contributed by atoms with Crippen LogP contribution in [0.25, 0.3) is 6.08 Å². The minimum atomic E-state index is -0.522. The Kier molecular flexibility index (Phi) is 6.01. The van der Waals surface area contributed by atoms with Crippen LogP contribution in [0.15, 0.2) is 64.8 Å². The minimum absolute atomic E-state index is 0.165. The van der Waals surface area contributed by atoms with Gasteiger partial charge >= 0.3 is 5.97 Å². The van der Waals surface area contributed by atoms with Crippen LogP contribution in [0.1, 0.15) is 31.8 Å². The van der Waals surface area contributed by atoms with E-state index in [0.29, 0.717) is 39.5 Å². The number of allylic oxidation sites excluding steroid dienone is 1. The average Bonchev–Trinajstić information content (AvgIpc) is 3.09. The highest BCUT2D eigenvalue weighted by Crippen LogP contribution is 2.38. The second-order valence-electron chi connectivity index (χ2n) is 7.06. The predicted molar refractivity (Wildman–Crippen MR) is 123 cm³/mol.